The first-order chi connectivity index (χ1) is 5.63. The highest BCUT2D eigenvalue weighted by molar-refractivity contribution is 5.81. The number of carbonyl (C=O) groups excluding carboxylic acids is 1. The lowest BCUT2D eigenvalue weighted by Gasteiger charge is -2.34. The summed E-state index contributed by atoms with van der Waals surface area (Å²) in [4.78, 5) is 13.3. The molecule has 1 fully saturated rings. The Hall–Kier alpha value is -0.610. The van der Waals surface area contributed by atoms with Crippen molar-refractivity contribution in [2.45, 2.75) is 25.9 Å². The second kappa shape index (κ2) is 3.87. The topological polar surface area (TPSA) is 58.4 Å². The molecule has 0 aromatic rings. The van der Waals surface area contributed by atoms with Crippen LogP contribution in [0.2, 0.25) is 0 Å². The van der Waals surface area contributed by atoms with E-state index in [1.807, 2.05) is 11.8 Å². The van der Waals surface area contributed by atoms with Gasteiger partial charge in [0.05, 0.1) is 6.04 Å². The van der Waals surface area contributed by atoms with Crippen molar-refractivity contribution in [3.8, 4) is 0 Å². The van der Waals surface area contributed by atoms with Crippen molar-refractivity contribution in [3.05, 3.63) is 0 Å². The number of piperazine rings is 1. The molecular formula is C8H17N3O. The van der Waals surface area contributed by atoms with E-state index in [9.17, 15) is 4.79 Å². The first-order valence-corrected chi connectivity index (χ1v) is 4.39. The SMILES string of the molecule is CC1CNCCN1C(=O)[C@H](C)N. The lowest BCUT2D eigenvalue weighted by Crippen LogP contribution is -2.55. The minimum absolute atomic E-state index is 0.0593. The Balaban J connectivity index is 2.53. The van der Waals surface area contributed by atoms with Gasteiger partial charge < -0.3 is 16.0 Å². The fraction of sp³-hybridized carbons (Fsp3) is 0.875. The van der Waals surface area contributed by atoms with E-state index in [1.165, 1.54) is 0 Å². The number of nitrogens with zero attached hydrogens (tertiary/aromatic N) is 1. The van der Waals surface area contributed by atoms with Crippen LogP contribution in [0.5, 0.6) is 0 Å². The zero-order valence-electron chi connectivity index (χ0n) is 7.71. The molecule has 1 aliphatic heterocycles. The second-order valence-electron chi connectivity index (χ2n) is 3.37. The summed E-state index contributed by atoms with van der Waals surface area (Å²) in [7, 11) is 0. The number of amides is 1. The standard InChI is InChI=1S/C8H17N3O/c1-6-5-10-3-4-11(6)8(12)7(2)9/h6-7,10H,3-5,9H2,1-2H3/t6?,7-/m0/s1. The summed E-state index contributed by atoms with van der Waals surface area (Å²) < 4.78 is 0. The predicted octanol–water partition coefficient (Wildman–Crippen LogP) is -0.846. The third-order valence-corrected chi connectivity index (χ3v) is 2.17. The predicted molar refractivity (Wildman–Crippen MR) is 47.7 cm³/mol. The highest BCUT2D eigenvalue weighted by atomic mass is 16.2. The molecule has 1 unspecified atom stereocenters. The number of rotatable bonds is 1. The van der Waals surface area contributed by atoms with Crippen LogP contribution in [0.4, 0.5) is 0 Å². The molecule has 1 amide bonds. The number of nitrogens with one attached hydrogen (secondary N) is 1. The van der Waals surface area contributed by atoms with Gasteiger partial charge in [-0.1, -0.05) is 0 Å². The number of hydrogen-bond donors (Lipinski definition) is 2. The van der Waals surface area contributed by atoms with Gasteiger partial charge in [0.1, 0.15) is 0 Å². The van der Waals surface area contributed by atoms with Gasteiger partial charge in [-0.2, -0.15) is 0 Å². The Morgan fingerprint density at radius 3 is 2.92 bits per heavy atom. The molecule has 0 aromatic heterocycles. The molecule has 0 aliphatic carbocycles. The van der Waals surface area contributed by atoms with Gasteiger partial charge in [-0.15, -0.1) is 0 Å². The van der Waals surface area contributed by atoms with Crippen LogP contribution in [0.1, 0.15) is 13.8 Å². The van der Waals surface area contributed by atoms with Crippen LogP contribution in [-0.2, 0) is 4.79 Å². The summed E-state index contributed by atoms with van der Waals surface area (Å²) >= 11 is 0. The molecular weight excluding hydrogens is 154 g/mol. The molecule has 1 aliphatic rings. The molecule has 2 atom stereocenters. The average molecular weight is 171 g/mol. The van der Waals surface area contributed by atoms with Gasteiger partial charge in [-0.05, 0) is 13.8 Å². The summed E-state index contributed by atoms with van der Waals surface area (Å²) in [5.74, 6) is 0.0593. The monoisotopic (exact) mass is 171 g/mol. The Labute approximate surface area is 73.1 Å². The largest absolute Gasteiger partial charge is 0.336 e. The average Bonchev–Trinajstić information content (AvgIpc) is 2.04. The fourth-order valence-electron chi connectivity index (χ4n) is 1.43. The number of nitrogens with two attached hydrogens (primary N) is 1. The van der Waals surface area contributed by atoms with Crippen molar-refractivity contribution in [1.29, 1.82) is 0 Å². The Morgan fingerprint density at radius 2 is 2.42 bits per heavy atom. The van der Waals surface area contributed by atoms with Crippen LogP contribution in [0.15, 0.2) is 0 Å². The molecule has 0 aromatic carbocycles. The summed E-state index contributed by atoms with van der Waals surface area (Å²) in [5.41, 5.74) is 5.52. The van der Waals surface area contributed by atoms with Crippen molar-refractivity contribution >= 4 is 5.91 Å². The zero-order valence-corrected chi connectivity index (χ0v) is 7.71. The van der Waals surface area contributed by atoms with E-state index >= 15 is 0 Å². The van der Waals surface area contributed by atoms with Gasteiger partial charge in [0.25, 0.3) is 0 Å². The van der Waals surface area contributed by atoms with Crippen LogP contribution in [-0.4, -0.2) is 42.5 Å². The number of hydrogen-bond acceptors (Lipinski definition) is 3. The van der Waals surface area contributed by atoms with Crippen molar-refractivity contribution in [1.82, 2.24) is 10.2 Å². The van der Waals surface area contributed by atoms with Gasteiger partial charge >= 0.3 is 0 Å². The molecule has 0 saturated carbocycles. The molecule has 0 spiro atoms. The molecule has 1 rings (SSSR count). The maximum absolute atomic E-state index is 11.5. The lowest BCUT2D eigenvalue weighted by molar-refractivity contribution is -0.134. The van der Waals surface area contributed by atoms with E-state index in [2.05, 4.69) is 5.32 Å². The van der Waals surface area contributed by atoms with Crippen LogP contribution >= 0.6 is 0 Å². The Morgan fingerprint density at radius 1 is 1.75 bits per heavy atom. The van der Waals surface area contributed by atoms with Crippen molar-refractivity contribution in [3.63, 3.8) is 0 Å². The highest BCUT2D eigenvalue weighted by Gasteiger charge is 2.24. The zero-order chi connectivity index (χ0) is 9.14. The normalized spacial score (nSPS) is 26.9. The Kier molecular flexibility index (Phi) is 3.05. The van der Waals surface area contributed by atoms with Crippen molar-refractivity contribution in [2.24, 2.45) is 5.73 Å². The second-order valence-corrected chi connectivity index (χ2v) is 3.37. The Bertz CT molecular complexity index is 170. The highest BCUT2D eigenvalue weighted by Crippen LogP contribution is 2.03. The van der Waals surface area contributed by atoms with Crippen LogP contribution in [0, 0.1) is 0 Å². The molecule has 12 heavy (non-hydrogen) atoms. The van der Waals surface area contributed by atoms with Gasteiger partial charge in [0.15, 0.2) is 0 Å². The molecule has 3 N–H and O–H groups in total. The summed E-state index contributed by atoms with van der Waals surface area (Å²) in [6, 6.07) is -0.0946. The maximum Gasteiger partial charge on any atom is 0.239 e. The van der Waals surface area contributed by atoms with Crippen LogP contribution in [0.3, 0.4) is 0 Å². The molecule has 1 saturated heterocycles. The quantitative estimate of drug-likeness (QED) is 0.540. The third kappa shape index (κ3) is 1.95. The summed E-state index contributed by atoms with van der Waals surface area (Å²) in [6.45, 7) is 6.30. The smallest absolute Gasteiger partial charge is 0.239 e. The van der Waals surface area contributed by atoms with Crippen LogP contribution in [0.25, 0.3) is 0 Å². The van der Waals surface area contributed by atoms with Gasteiger partial charge in [0, 0.05) is 25.7 Å². The van der Waals surface area contributed by atoms with Crippen LogP contribution < -0.4 is 11.1 Å². The van der Waals surface area contributed by atoms with Crippen molar-refractivity contribution in [2.75, 3.05) is 19.6 Å². The number of carbonyl (C=O) groups is 1. The molecule has 0 radical (unpaired) electrons. The minimum Gasteiger partial charge on any atom is -0.336 e. The molecule has 0 bridgehead atoms. The third-order valence-electron chi connectivity index (χ3n) is 2.17. The summed E-state index contributed by atoms with van der Waals surface area (Å²) in [5, 5.41) is 3.22. The van der Waals surface area contributed by atoms with E-state index in [4.69, 9.17) is 5.73 Å². The molecule has 4 heteroatoms. The van der Waals surface area contributed by atoms with Gasteiger partial charge in [-0.3, -0.25) is 4.79 Å². The summed E-state index contributed by atoms with van der Waals surface area (Å²) in [6.07, 6.45) is 0. The van der Waals surface area contributed by atoms with Gasteiger partial charge in [-0.25, -0.2) is 0 Å². The van der Waals surface area contributed by atoms with E-state index < -0.39 is 0 Å². The first kappa shape index (κ1) is 9.48. The van der Waals surface area contributed by atoms with E-state index in [0.29, 0.717) is 0 Å². The van der Waals surface area contributed by atoms with E-state index in [0.717, 1.165) is 19.6 Å². The molecule has 70 valence electrons. The first-order valence-electron chi connectivity index (χ1n) is 4.39. The molecule has 4 nitrogen and oxygen atoms in total. The molecule has 1 heterocycles. The minimum atomic E-state index is -0.370. The van der Waals surface area contributed by atoms with E-state index in [1.54, 1.807) is 6.92 Å². The fourth-order valence-corrected chi connectivity index (χ4v) is 1.43. The van der Waals surface area contributed by atoms with Gasteiger partial charge in [0.2, 0.25) is 5.91 Å². The maximum atomic E-state index is 11.5. The van der Waals surface area contributed by atoms with Crippen molar-refractivity contribution < 1.29 is 4.79 Å². The lowest BCUT2D eigenvalue weighted by atomic mass is 10.2. The van der Waals surface area contributed by atoms with E-state index in [-0.39, 0.29) is 18.0 Å².